The van der Waals surface area contributed by atoms with E-state index in [4.69, 9.17) is 0 Å². The first-order valence-corrected chi connectivity index (χ1v) is 6.55. The zero-order valence-electron chi connectivity index (χ0n) is 8.43. The van der Waals surface area contributed by atoms with Crippen molar-refractivity contribution >= 4 is 27.3 Å². The maximum absolute atomic E-state index is 4.62. The zero-order valence-corrected chi connectivity index (χ0v) is 10.8. The van der Waals surface area contributed by atoms with Crippen molar-refractivity contribution in [2.24, 2.45) is 0 Å². The number of alkyl halides is 1. The van der Waals surface area contributed by atoms with E-state index < -0.39 is 0 Å². The molecular formula is C10H16BrNS. The number of hydrogen-bond donors (Lipinski definition) is 0. The highest BCUT2D eigenvalue weighted by atomic mass is 79.9. The monoisotopic (exact) mass is 261 g/mol. The maximum atomic E-state index is 4.62. The van der Waals surface area contributed by atoms with Crippen molar-refractivity contribution in [1.82, 2.24) is 4.98 Å². The van der Waals surface area contributed by atoms with Crippen molar-refractivity contribution in [1.29, 1.82) is 0 Å². The Morgan fingerprint density at radius 2 is 2.15 bits per heavy atom. The molecule has 0 aliphatic carbocycles. The van der Waals surface area contributed by atoms with Gasteiger partial charge < -0.3 is 0 Å². The zero-order chi connectivity index (χ0) is 9.90. The van der Waals surface area contributed by atoms with Crippen LogP contribution in [0.5, 0.6) is 0 Å². The van der Waals surface area contributed by atoms with Crippen molar-refractivity contribution in [3.05, 3.63) is 16.1 Å². The molecule has 0 radical (unpaired) electrons. The second-order valence-electron chi connectivity index (χ2n) is 4.17. The highest BCUT2D eigenvalue weighted by Gasteiger charge is 2.16. The number of thiazole rings is 1. The Balaban J connectivity index is 2.64. The van der Waals surface area contributed by atoms with Crippen LogP contribution in [0.25, 0.3) is 0 Å². The Morgan fingerprint density at radius 1 is 1.46 bits per heavy atom. The third-order valence-electron chi connectivity index (χ3n) is 1.84. The summed E-state index contributed by atoms with van der Waals surface area (Å²) < 4.78 is 0. The average molecular weight is 262 g/mol. The normalized spacial score (nSPS) is 12.0. The molecule has 0 amide bonds. The summed E-state index contributed by atoms with van der Waals surface area (Å²) in [7, 11) is 0. The fourth-order valence-electron chi connectivity index (χ4n) is 0.988. The van der Waals surface area contributed by atoms with Gasteiger partial charge in [-0.3, -0.25) is 0 Å². The Hall–Kier alpha value is 0.110. The lowest BCUT2D eigenvalue weighted by atomic mass is 9.93. The van der Waals surface area contributed by atoms with Gasteiger partial charge in [-0.1, -0.05) is 36.7 Å². The van der Waals surface area contributed by atoms with Crippen molar-refractivity contribution in [2.45, 2.75) is 39.0 Å². The number of hydrogen-bond acceptors (Lipinski definition) is 2. The summed E-state index contributed by atoms with van der Waals surface area (Å²) in [6.07, 6.45) is 2.28. The van der Waals surface area contributed by atoms with E-state index in [1.807, 2.05) is 0 Å². The van der Waals surface area contributed by atoms with Gasteiger partial charge in [0.25, 0.3) is 0 Å². The highest BCUT2D eigenvalue weighted by molar-refractivity contribution is 9.09. The largest absolute Gasteiger partial charge is 0.246 e. The molecule has 0 N–H and O–H groups in total. The second-order valence-corrected chi connectivity index (χ2v) is 5.90. The fraction of sp³-hybridized carbons (Fsp3) is 0.700. The third-order valence-corrected chi connectivity index (χ3v) is 3.31. The van der Waals surface area contributed by atoms with Gasteiger partial charge in [-0.25, -0.2) is 4.98 Å². The van der Waals surface area contributed by atoms with Crippen LogP contribution in [-0.2, 0) is 11.8 Å². The molecule has 1 heterocycles. The Kier molecular flexibility index (Phi) is 3.92. The SMILES string of the molecule is CC(C)(C)c1csc(CCCBr)n1. The van der Waals surface area contributed by atoms with Gasteiger partial charge in [0.15, 0.2) is 0 Å². The van der Waals surface area contributed by atoms with Gasteiger partial charge in [-0.05, 0) is 6.42 Å². The van der Waals surface area contributed by atoms with Crippen molar-refractivity contribution in [3.8, 4) is 0 Å². The first-order valence-electron chi connectivity index (χ1n) is 4.55. The molecule has 1 nitrogen and oxygen atoms in total. The predicted molar refractivity (Wildman–Crippen MR) is 62.9 cm³/mol. The van der Waals surface area contributed by atoms with Crippen LogP contribution in [0, 0.1) is 0 Å². The van der Waals surface area contributed by atoms with Crippen LogP contribution in [-0.4, -0.2) is 10.3 Å². The van der Waals surface area contributed by atoms with Crippen LogP contribution in [0.4, 0.5) is 0 Å². The van der Waals surface area contributed by atoms with Gasteiger partial charge in [-0.15, -0.1) is 11.3 Å². The van der Waals surface area contributed by atoms with E-state index in [-0.39, 0.29) is 5.41 Å². The average Bonchev–Trinajstić information content (AvgIpc) is 2.47. The molecule has 1 aromatic rings. The molecule has 0 saturated heterocycles. The smallest absolute Gasteiger partial charge is 0.0928 e. The first kappa shape index (κ1) is 11.2. The number of rotatable bonds is 3. The standard InChI is InChI=1S/C10H16BrNS/c1-10(2,3)8-7-13-9(12-8)5-4-6-11/h7H,4-6H2,1-3H3. The van der Waals surface area contributed by atoms with E-state index in [0.29, 0.717) is 0 Å². The maximum Gasteiger partial charge on any atom is 0.0928 e. The van der Waals surface area contributed by atoms with Crippen LogP contribution in [0.3, 0.4) is 0 Å². The minimum atomic E-state index is 0.198. The lowest BCUT2D eigenvalue weighted by Crippen LogP contribution is -2.11. The van der Waals surface area contributed by atoms with Gasteiger partial charge in [-0.2, -0.15) is 0 Å². The minimum Gasteiger partial charge on any atom is -0.246 e. The van der Waals surface area contributed by atoms with Gasteiger partial charge in [0.1, 0.15) is 0 Å². The number of nitrogens with zero attached hydrogens (tertiary/aromatic N) is 1. The van der Waals surface area contributed by atoms with Gasteiger partial charge in [0.2, 0.25) is 0 Å². The quantitative estimate of drug-likeness (QED) is 0.756. The highest BCUT2D eigenvalue weighted by Crippen LogP contribution is 2.24. The summed E-state index contributed by atoms with van der Waals surface area (Å²) in [6, 6.07) is 0. The van der Waals surface area contributed by atoms with Crippen LogP contribution < -0.4 is 0 Å². The lowest BCUT2D eigenvalue weighted by molar-refractivity contribution is 0.570. The van der Waals surface area contributed by atoms with Gasteiger partial charge in [0.05, 0.1) is 10.7 Å². The summed E-state index contributed by atoms with van der Waals surface area (Å²) in [5, 5.41) is 4.52. The molecule has 0 atom stereocenters. The number of aromatic nitrogens is 1. The molecule has 0 aliphatic rings. The molecule has 0 saturated carbocycles. The molecule has 0 unspecified atom stereocenters. The molecular weight excluding hydrogens is 246 g/mol. The molecule has 13 heavy (non-hydrogen) atoms. The molecule has 74 valence electrons. The van der Waals surface area contributed by atoms with Crippen molar-refractivity contribution < 1.29 is 0 Å². The van der Waals surface area contributed by atoms with Crippen molar-refractivity contribution in [2.75, 3.05) is 5.33 Å². The topological polar surface area (TPSA) is 12.9 Å². The Labute approximate surface area is 92.7 Å². The lowest BCUT2D eigenvalue weighted by Gasteiger charge is -2.14. The van der Waals surface area contributed by atoms with E-state index in [1.165, 1.54) is 17.1 Å². The summed E-state index contributed by atoms with van der Waals surface area (Å²) in [5.41, 5.74) is 1.42. The van der Waals surface area contributed by atoms with Crippen LogP contribution in [0.1, 0.15) is 37.9 Å². The second kappa shape index (κ2) is 4.56. The van der Waals surface area contributed by atoms with Crippen LogP contribution in [0.2, 0.25) is 0 Å². The summed E-state index contributed by atoms with van der Waals surface area (Å²) in [6.45, 7) is 6.61. The molecule has 0 aromatic carbocycles. The Morgan fingerprint density at radius 3 is 2.62 bits per heavy atom. The third kappa shape index (κ3) is 3.39. The number of halogens is 1. The molecule has 0 spiro atoms. The summed E-state index contributed by atoms with van der Waals surface area (Å²) in [4.78, 5) is 4.62. The van der Waals surface area contributed by atoms with E-state index in [1.54, 1.807) is 11.3 Å². The molecule has 0 bridgehead atoms. The number of aryl methyl sites for hydroxylation is 1. The van der Waals surface area contributed by atoms with Gasteiger partial charge >= 0.3 is 0 Å². The summed E-state index contributed by atoms with van der Waals surface area (Å²) in [5.74, 6) is 0. The van der Waals surface area contributed by atoms with E-state index in [2.05, 4.69) is 47.1 Å². The van der Waals surface area contributed by atoms with E-state index >= 15 is 0 Å². The predicted octanol–water partition coefficient (Wildman–Crippen LogP) is 3.77. The first-order chi connectivity index (χ1) is 6.04. The Bertz CT molecular complexity index is 262. The van der Waals surface area contributed by atoms with Crippen LogP contribution in [0.15, 0.2) is 5.38 Å². The van der Waals surface area contributed by atoms with E-state index in [0.717, 1.165) is 11.8 Å². The molecule has 0 fully saturated rings. The van der Waals surface area contributed by atoms with Crippen LogP contribution >= 0.6 is 27.3 Å². The molecule has 1 aromatic heterocycles. The summed E-state index contributed by atoms with van der Waals surface area (Å²) >= 11 is 5.21. The molecule has 3 heteroatoms. The van der Waals surface area contributed by atoms with Crippen molar-refractivity contribution in [3.63, 3.8) is 0 Å². The van der Waals surface area contributed by atoms with E-state index in [9.17, 15) is 0 Å². The molecule has 0 aliphatic heterocycles. The van der Waals surface area contributed by atoms with Gasteiger partial charge in [0, 0.05) is 22.5 Å². The fourth-order valence-corrected chi connectivity index (χ4v) is 2.34. The molecule has 1 rings (SSSR count). The minimum absolute atomic E-state index is 0.198.